The molecule has 5 nitrogen and oxygen atoms in total. The maximum absolute atomic E-state index is 12.9. The normalized spacial score (nSPS) is 17.1. The van der Waals surface area contributed by atoms with Gasteiger partial charge in [-0.25, -0.2) is 4.99 Å². The van der Waals surface area contributed by atoms with E-state index in [2.05, 4.69) is 43.7 Å². The third-order valence-electron chi connectivity index (χ3n) is 4.28. The molecule has 1 radical (unpaired) electrons. The van der Waals surface area contributed by atoms with Crippen molar-refractivity contribution < 1.29 is 4.79 Å². The largest absolute Gasteiger partial charge is 0.357 e. The molecule has 0 aromatic heterocycles. The Hall–Kier alpha value is -2.14. The van der Waals surface area contributed by atoms with Crippen LogP contribution in [0.2, 0.25) is 0 Å². The van der Waals surface area contributed by atoms with Crippen LogP contribution in [-0.2, 0) is 0 Å². The van der Waals surface area contributed by atoms with E-state index >= 15 is 0 Å². The quantitative estimate of drug-likeness (QED) is 0.806. The van der Waals surface area contributed by atoms with Gasteiger partial charge in [0.05, 0.1) is 6.20 Å². The average molecular weight is 327 g/mol. The van der Waals surface area contributed by atoms with Crippen molar-refractivity contribution in [3.63, 3.8) is 0 Å². The Labute approximate surface area is 145 Å². The van der Waals surface area contributed by atoms with E-state index in [0.29, 0.717) is 5.56 Å². The van der Waals surface area contributed by atoms with E-state index in [1.807, 2.05) is 36.4 Å². The Morgan fingerprint density at radius 1 is 1.08 bits per heavy atom. The summed E-state index contributed by atoms with van der Waals surface area (Å²) in [6.45, 7) is 11.8. The average Bonchev–Trinajstić information content (AvgIpc) is 2.64. The smallest absolute Gasteiger partial charge is 0.261 e. The summed E-state index contributed by atoms with van der Waals surface area (Å²) in [6.07, 6.45) is 4.62. The van der Waals surface area contributed by atoms with E-state index in [0.717, 1.165) is 32.0 Å². The summed E-state index contributed by atoms with van der Waals surface area (Å²) in [5, 5.41) is 0. The summed E-state index contributed by atoms with van der Waals surface area (Å²) < 4.78 is 0. The van der Waals surface area contributed by atoms with Gasteiger partial charge in [0.15, 0.2) is 6.29 Å². The molecular formula is C19H27N4O. The van der Waals surface area contributed by atoms with Gasteiger partial charge in [-0.15, -0.1) is 0 Å². The van der Waals surface area contributed by atoms with Gasteiger partial charge >= 0.3 is 0 Å². The molecular weight excluding hydrogens is 300 g/mol. The van der Waals surface area contributed by atoms with Crippen molar-refractivity contribution >= 4 is 11.7 Å². The van der Waals surface area contributed by atoms with E-state index in [-0.39, 0.29) is 12.2 Å². The van der Waals surface area contributed by atoms with Crippen molar-refractivity contribution in [2.45, 2.75) is 34.0 Å². The molecule has 0 saturated carbocycles. The van der Waals surface area contributed by atoms with E-state index in [1.54, 1.807) is 4.90 Å². The number of carbonyl (C=O) groups excluding carboxylic acids is 1. The van der Waals surface area contributed by atoms with Crippen LogP contribution in [0.25, 0.3) is 0 Å². The second kappa shape index (κ2) is 8.64. The summed E-state index contributed by atoms with van der Waals surface area (Å²) in [6, 6.07) is 9.31. The van der Waals surface area contributed by atoms with Crippen molar-refractivity contribution in [1.82, 2.24) is 14.7 Å². The molecule has 24 heavy (non-hydrogen) atoms. The number of hydrogen-bond donors (Lipinski definition) is 0. The number of aliphatic imine (C=N–C) groups is 1. The lowest BCUT2D eigenvalue weighted by atomic mass is 10.2. The Morgan fingerprint density at radius 2 is 1.71 bits per heavy atom. The zero-order valence-corrected chi connectivity index (χ0v) is 15.1. The molecule has 0 N–H and O–H groups in total. The fraction of sp³-hybridized carbons (Fsp3) is 0.474. The Bertz CT molecular complexity index is 589. The van der Waals surface area contributed by atoms with Gasteiger partial charge in [-0.05, 0) is 39.1 Å². The van der Waals surface area contributed by atoms with Gasteiger partial charge in [0.2, 0.25) is 0 Å². The van der Waals surface area contributed by atoms with Crippen LogP contribution < -0.4 is 0 Å². The van der Waals surface area contributed by atoms with Gasteiger partial charge in [-0.1, -0.05) is 32.0 Å². The number of amidine groups is 1. The molecule has 5 heteroatoms. The zero-order chi connectivity index (χ0) is 17.5. The topological polar surface area (TPSA) is 39.1 Å². The SMILES string of the molecule is CCN(CC)C1=NC(N(CC)CC)N(C(=O)c2ccccc2)[C]=C1. The molecule has 0 bridgehead atoms. The van der Waals surface area contributed by atoms with Crippen LogP contribution >= 0.6 is 0 Å². The van der Waals surface area contributed by atoms with Crippen molar-refractivity contribution in [3.05, 3.63) is 48.2 Å². The molecule has 2 rings (SSSR count). The number of nitrogens with zero attached hydrogens (tertiary/aromatic N) is 4. The minimum absolute atomic E-state index is 0.0777. The van der Waals surface area contributed by atoms with Crippen LogP contribution in [0.3, 0.4) is 0 Å². The van der Waals surface area contributed by atoms with Crippen LogP contribution in [0.5, 0.6) is 0 Å². The Kier molecular flexibility index (Phi) is 6.55. The minimum Gasteiger partial charge on any atom is -0.357 e. The number of benzene rings is 1. The first kappa shape index (κ1) is 18.2. The number of likely N-dealkylation sites (N-methyl/N-ethyl adjacent to an activating group) is 1. The van der Waals surface area contributed by atoms with E-state index in [1.165, 1.54) is 0 Å². The van der Waals surface area contributed by atoms with Gasteiger partial charge in [0.25, 0.3) is 5.91 Å². The summed E-state index contributed by atoms with van der Waals surface area (Å²) >= 11 is 0. The second-order valence-corrected chi connectivity index (χ2v) is 5.54. The molecule has 1 amide bonds. The van der Waals surface area contributed by atoms with E-state index in [4.69, 9.17) is 4.99 Å². The molecule has 1 atom stereocenters. The first-order chi connectivity index (χ1) is 11.7. The molecule has 1 aliphatic rings. The lowest BCUT2D eigenvalue weighted by molar-refractivity contribution is 0.0499. The fourth-order valence-corrected chi connectivity index (χ4v) is 2.81. The Balaban J connectivity index is 2.34. The molecule has 129 valence electrons. The summed E-state index contributed by atoms with van der Waals surface area (Å²) in [5.41, 5.74) is 0.650. The Morgan fingerprint density at radius 3 is 2.25 bits per heavy atom. The number of hydrogen-bond acceptors (Lipinski definition) is 4. The van der Waals surface area contributed by atoms with Gasteiger partial charge in [0, 0.05) is 24.7 Å². The zero-order valence-electron chi connectivity index (χ0n) is 15.1. The van der Waals surface area contributed by atoms with Crippen molar-refractivity contribution in [2.24, 2.45) is 4.99 Å². The predicted octanol–water partition coefficient (Wildman–Crippen LogP) is 2.82. The highest BCUT2D eigenvalue weighted by atomic mass is 16.2. The molecule has 1 aromatic carbocycles. The van der Waals surface area contributed by atoms with Crippen LogP contribution in [0.15, 0.2) is 41.4 Å². The first-order valence-corrected chi connectivity index (χ1v) is 8.70. The lowest BCUT2D eigenvalue weighted by Crippen LogP contribution is -2.50. The lowest BCUT2D eigenvalue weighted by Gasteiger charge is -2.37. The number of carbonyl (C=O) groups is 1. The van der Waals surface area contributed by atoms with E-state index < -0.39 is 0 Å². The van der Waals surface area contributed by atoms with Crippen molar-refractivity contribution in [1.29, 1.82) is 0 Å². The summed E-state index contributed by atoms with van der Waals surface area (Å²) in [4.78, 5) is 23.7. The molecule has 1 heterocycles. The molecule has 1 aromatic rings. The monoisotopic (exact) mass is 327 g/mol. The van der Waals surface area contributed by atoms with Crippen LogP contribution in [0.4, 0.5) is 0 Å². The fourth-order valence-electron chi connectivity index (χ4n) is 2.81. The maximum Gasteiger partial charge on any atom is 0.261 e. The molecule has 1 unspecified atom stereocenters. The maximum atomic E-state index is 12.9. The predicted molar refractivity (Wildman–Crippen MR) is 97.5 cm³/mol. The highest BCUT2D eigenvalue weighted by Gasteiger charge is 2.30. The highest BCUT2D eigenvalue weighted by molar-refractivity contribution is 5.98. The van der Waals surface area contributed by atoms with Gasteiger partial charge in [0.1, 0.15) is 5.84 Å². The van der Waals surface area contributed by atoms with Crippen LogP contribution in [0, 0.1) is 6.20 Å². The van der Waals surface area contributed by atoms with Crippen LogP contribution in [-0.4, -0.2) is 58.9 Å². The molecule has 0 saturated heterocycles. The van der Waals surface area contributed by atoms with Crippen molar-refractivity contribution in [3.8, 4) is 0 Å². The second-order valence-electron chi connectivity index (χ2n) is 5.54. The van der Waals surface area contributed by atoms with Gasteiger partial charge in [-0.3, -0.25) is 14.6 Å². The van der Waals surface area contributed by atoms with Crippen molar-refractivity contribution in [2.75, 3.05) is 26.2 Å². The highest BCUT2D eigenvalue weighted by Crippen LogP contribution is 2.18. The summed E-state index contributed by atoms with van der Waals surface area (Å²) in [7, 11) is 0. The molecule has 1 aliphatic heterocycles. The standard InChI is InChI=1S/C19H27N4O/c1-5-21(6-2)17-14-15-23(19(20-17)22(7-3)8-4)18(24)16-12-10-9-11-13-16/h9-14,19H,5-8H2,1-4H3. The number of amides is 1. The molecule has 0 aliphatic carbocycles. The van der Waals surface area contributed by atoms with E-state index in [9.17, 15) is 4.79 Å². The first-order valence-electron chi connectivity index (χ1n) is 8.70. The molecule has 0 fully saturated rings. The van der Waals surface area contributed by atoms with Gasteiger partial charge in [-0.2, -0.15) is 0 Å². The minimum atomic E-state index is -0.353. The summed E-state index contributed by atoms with van der Waals surface area (Å²) in [5.74, 6) is 0.806. The van der Waals surface area contributed by atoms with Gasteiger partial charge < -0.3 is 4.90 Å². The third kappa shape index (κ3) is 3.85. The number of rotatable bonds is 6. The molecule has 0 spiro atoms. The third-order valence-corrected chi connectivity index (χ3v) is 4.28. The van der Waals surface area contributed by atoms with Crippen LogP contribution in [0.1, 0.15) is 38.1 Å².